The zero-order chi connectivity index (χ0) is 18.9. The average Bonchev–Trinajstić information content (AvgIpc) is 3.32. The maximum atomic E-state index is 10.1. The number of halogens is 1. The SMILES string of the molecule is Cc1cc2c(c(C)c1-c1ccc(C3CC3)c(Cl)c1)CC[C@@H]2N1CC(C)(O)C1. The molecule has 3 aliphatic rings. The molecule has 2 aromatic rings. The lowest BCUT2D eigenvalue weighted by atomic mass is 9.87. The third-order valence-electron chi connectivity index (χ3n) is 6.80. The number of β-amino-alcohol motifs (C(OH)–C–C–N with tert-alkyl or cyclic N) is 1. The first-order chi connectivity index (χ1) is 12.8. The van der Waals surface area contributed by atoms with Crippen molar-refractivity contribution in [2.45, 2.75) is 64.0 Å². The van der Waals surface area contributed by atoms with Gasteiger partial charge >= 0.3 is 0 Å². The van der Waals surface area contributed by atoms with Gasteiger partial charge in [0.05, 0.1) is 5.60 Å². The van der Waals surface area contributed by atoms with Crippen LogP contribution in [0.2, 0.25) is 5.02 Å². The fourth-order valence-electron chi connectivity index (χ4n) is 5.40. The maximum Gasteiger partial charge on any atom is 0.0872 e. The van der Waals surface area contributed by atoms with E-state index in [0.717, 1.165) is 31.0 Å². The Morgan fingerprint density at radius 1 is 1.07 bits per heavy atom. The third-order valence-corrected chi connectivity index (χ3v) is 7.13. The van der Waals surface area contributed by atoms with Gasteiger partial charge in [0.15, 0.2) is 0 Å². The Morgan fingerprint density at radius 2 is 1.81 bits per heavy atom. The third kappa shape index (κ3) is 2.93. The van der Waals surface area contributed by atoms with Gasteiger partial charge in [-0.25, -0.2) is 0 Å². The second-order valence-electron chi connectivity index (χ2n) is 9.23. The standard InChI is InChI=1S/C24H28ClNO/c1-14-10-20-18(8-9-22(20)26-12-24(3,27)13-26)15(2)23(14)17-6-7-19(16-4-5-16)21(25)11-17/h6-7,10-11,16,22,27H,4-5,8-9,12-13H2,1-3H3/t22-/m0/s1. The van der Waals surface area contributed by atoms with Crippen LogP contribution in [0.1, 0.15) is 66.0 Å². The molecule has 0 unspecified atom stereocenters. The number of hydrogen-bond donors (Lipinski definition) is 1. The van der Waals surface area contributed by atoms with Crippen molar-refractivity contribution in [3.05, 3.63) is 57.1 Å². The van der Waals surface area contributed by atoms with Gasteiger partial charge in [-0.1, -0.05) is 29.8 Å². The van der Waals surface area contributed by atoms with Gasteiger partial charge in [0.25, 0.3) is 0 Å². The van der Waals surface area contributed by atoms with Crippen LogP contribution in [-0.4, -0.2) is 28.7 Å². The van der Waals surface area contributed by atoms with Gasteiger partial charge < -0.3 is 5.11 Å². The van der Waals surface area contributed by atoms with Crippen molar-refractivity contribution in [1.29, 1.82) is 0 Å². The molecule has 3 heteroatoms. The monoisotopic (exact) mass is 381 g/mol. The Labute approximate surface area is 167 Å². The fraction of sp³-hybridized carbons (Fsp3) is 0.500. The predicted molar refractivity (Wildman–Crippen MR) is 112 cm³/mol. The molecule has 1 saturated heterocycles. The number of likely N-dealkylation sites (tertiary alicyclic amines) is 1. The molecule has 1 aliphatic heterocycles. The first-order valence-electron chi connectivity index (χ1n) is 10.2. The van der Waals surface area contributed by atoms with Gasteiger partial charge in [0.1, 0.15) is 0 Å². The van der Waals surface area contributed by atoms with E-state index >= 15 is 0 Å². The highest BCUT2D eigenvalue weighted by atomic mass is 35.5. The predicted octanol–water partition coefficient (Wildman–Crippen LogP) is 5.56. The number of benzene rings is 2. The van der Waals surface area contributed by atoms with Crippen molar-refractivity contribution in [2.24, 2.45) is 0 Å². The molecule has 0 radical (unpaired) electrons. The van der Waals surface area contributed by atoms with Crippen LogP contribution >= 0.6 is 11.6 Å². The maximum absolute atomic E-state index is 10.1. The molecule has 5 rings (SSSR count). The molecule has 1 saturated carbocycles. The highest BCUT2D eigenvalue weighted by molar-refractivity contribution is 6.31. The molecule has 1 N–H and O–H groups in total. The van der Waals surface area contributed by atoms with E-state index in [1.165, 1.54) is 51.8 Å². The van der Waals surface area contributed by atoms with Crippen LogP contribution in [0, 0.1) is 13.8 Å². The molecule has 0 spiro atoms. The smallest absolute Gasteiger partial charge is 0.0872 e. The number of nitrogens with zero attached hydrogens (tertiary/aromatic N) is 1. The van der Waals surface area contributed by atoms with Gasteiger partial charge in [-0.15, -0.1) is 0 Å². The zero-order valence-electron chi connectivity index (χ0n) is 16.5. The second-order valence-corrected chi connectivity index (χ2v) is 9.64. The van der Waals surface area contributed by atoms with E-state index in [1.807, 2.05) is 6.92 Å². The van der Waals surface area contributed by atoms with Crippen LogP contribution in [0.5, 0.6) is 0 Å². The van der Waals surface area contributed by atoms with E-state index in [-0.39, 0.29) is 0 Å². The van der Waals surface area contributed by atoms with Crippen LogP contribution in [0.25, 0.3) is 11.1 Å². The molecule has 0 aromatic heterocycles. The number of hydrogen-bond acceptors (Lipinski definition) is 2. The summed E-state index contributed by atoms with van der Waals surface area (Å²) in [5, 5.41) is 11.1. The first kappa shape index (κ1) is 17.7. The molecule has 0 bridgehead atoms. The van der Waals surface area contributed by atoms with E-state index in [0.29, 0.717) is 12.0 Å². The molecular weight excluding hydrogens is 354 g/mol. The van der Waals surface area contributed by atoms with Crippen LogP contribution in [0.3, 0.4) is 0 Å². The summed E-state index contributed by atoms with van der Waals surface area (Å²) in [6, 6.07) is 9.54. The average molecular weight is 382 g/mol. The first-order valence-corrected chi connectivity index (χ1v) is 10.6. The topological polar surface area (TPSA) is 23.5 Å². The molecular formula is C24H28ClNO. The lowest BCUT2D eigenvalue weighted by molar-refractivity contribution is -0.103. The van der Waals surface area contributed by atoms with E-state index in [2.05, 4.69) is 43.0 Å². The van der Waals surface area contributed by atoms with Gasteiger partial charge in [-0.2, -0.15) is 0 Å². The Balaban J connectivity index is 1.51. The lowest BCUT2D eigenvalue weighted by Gasteiger charge is -2.47. The molecule has 2 fully saturated rings. The Bertz CT molecular complexity index is 920. The van der Waals surface area contributed by atoms with Crippen LogP contribution in [0.4, 0.5) is 0 Å². The molecule has 142 valence electrons. The number of aryl methyl sites for hydroxylation is 1. The Hall–Kier alpha value is -1.35. The van der Waals surface area contributed by atoms with Gasteiger partial charge in [-0.05, 0) is 97.4 Å². The summed E-state index contributed by atoms with van der Waals surface area (Å²) in [6.07, 6.45) is 4.85. The fourth-order valence-corrected chi connectivity index (χ4v) is 5.74. The summed E-state index contributed by atoms with van der Waals surface area (Å²) >= 11 is 6.62. The summed E-state index contributed by atoms with van der Waals surface area (Å²) in [5.74, 6) is 0.684. The number of aliphatic hydroxyl groups is 1. The van der Waals surface area contributed by atoms with E-state index in [1.54, 1.807) is 0 Å². The summed E-state index contributed by atoms with van der Waals surface area (Å²) in [5.41, 5.74) is 9.15. The minimum absolute atomic E-state index is 0.465. The van der Waals surface area contributed by atoms with E-state index < -0.39 is 5.60 Å². The van der Waals surface area contributed by atoms with Crippen molar-refractivity contribution >= 4 is 11.6 Å². The largest absolute Gasteiger partial charge is 0.388 e. The zero-order valence-corrected chi connectivity index (χ0v) is 17.2. The van der Waals surface area contributed by atoms with Crippen LogP contribution < -0.4 is 0 Å². The summed E-state index contributed by atoms with van der Waals surface area (Å²) in [7, 11) is 0. The van der Waals surface area contributed by atoms with Crippen molar-refractivity contribution in [3.8, 4) is 11.1 Å². The number of rotatable bonds is 3. The molecule has 1 heterocycles. The van der Waals surface area contributed by atoms with Crippen molar-refractivity contribution < 1.29 is 5.11 Å². The van der Waals surface area contributed by atoms with E-state index in [4.69, 9.17) is 11.6 Å². The molecule has 1 atom stereocenters. The summed E-state index contributed by atoms with van der Waals surface area (Å²) in [6.45, 7) is 8.02. The second kappa shape index (κ2) is 6.07. The molecule has 27 heavy (non-hydrogen) atoms. The van der Waals surface area contributed by atoms with Crippen LogP contribution in [-0.2, 0) is 6.42 Å². The molecule has 0 amide bonds. The summed E-state index contributed by atoms with van der Waals surface area (Å²) in [4.78, 5) is 2.44. The van der Waals surface area contributed by atoms with Gasteiger partial charge in [-0.3, -0.25) is 4.90 Å². The van der Waals surface area contributed by atoms with Crippen molar-refractivity contribution in [2.75, 3.05) is 13.1 Å². The highest BCUT2D eigenvalue weighted by Gasteiger charge is 2.43. The van der Waals surface area contributed by atoms with Gasteiger partial charge in [0, 0.05) is 24.2 Å². The number of fused-ring (bicyclic) bond motifs is 1. The molecule has 2 aromatic carbocycles. The summed E-state index contributed by atoms with van der Waals surface area (Å²) < 4.78 is 0. The van der Waals surface area contributed by atoms with Crippen LogP contribution in [0.15, 0.2) is 24.3 Å². The molecule has 2 aliphatic carbocycles. The van der Waals surface area contributed by atoms with Gasteiger partial charge in [0.2, 0.25) is 0 Å². The Morgan fingerprint density at radius 3 is 2.44 bits per heavy atom. The molecule has 2 nitrogen and oxygen atoms in total. The van der Waals surface area contributed by atoms with Crippen molar-refractivity contribution in [3.63, 3.8) is 0 Å². The minimum Gasteiger partial charge on any atom is -0.388 e. The highest BCUT2D eigenvalue weighted by Crippen LogP contribution is 2.47. The van der Waals surface area contributed by atoms with Crippen molar-refractivity contribution in [1.82, 2.24) is 4.90 Å². The quantitative estimate of drug-likeness (QED) is 0.752. The normalized spacial score (nSPS) is 24.0. The lowest BCUT2D eigenvalue weighted by Crippen LogP contribution is -2.60. The van der Waals surface area contributed by atoms with E-state index in [9.17, 15) is 5.11 Å². The minimum atomic E-state index is -0.507. The Kier molecular flexibility index (Phi) is 3.99.